The maximum absolute atomic E-state index is 5.65. The van der Waals surface area contributed by atoms with E-state index in [2.05, 4.69) is 0 Å². The van der Waals surface area contributed by atoms with Gasteiger partial charge in [-0.15, -0.1) is 0 Å². The first-order chi connectivity index (χ1) is 6.62. The van der Waals surface area contributed by atoms with Crippen LogP contribution in [0.1, 0.15) is 19.3 Å². The van der Waals surface area contributed by atoms with Gasteiger partial charge in [0, 0.05) is 22.4 Å². The fourth-order valence-electron chi connectivity index (χ4n) is 3.04. The highest BCUT2D eigenvalue weighted by molar-refractivity contribution is 6.18. The Bertz CT molecular complexity index is 289. The van der Waals surface area contributed by atoms with E-state index in [0.29, 0.717) is 0 Å². The fourth-order valence-corrected chi connectivity index (χ4v) is 4.29. The summed E-state index contributed by atoms with van der Waals surface area (Å²) < 4.78 is 16.6. The minimum absolute atomic E-state index is 0.179. The predicted octanol–water partition coefficient (Wildman–Crippen LogP) is 0.598. The Kier molecular flexibility index (Phi) is 2.15. The van der Waals surface area contributed by atoms with Crippen molar-refractivity contribution >= 4 is 10.2 Å². The number of ether oxygens (including phenoxy) is 3. The summed E-state index contributed by atoms with van der Waals surface area (Å²) in [5.41, 5.74) is -0.179. The van der Waals surface area contributed by atoms with Crippen LogP contribution < -0.4 is 0 Å². The van der Waals surface area contributed by atoms with E-state index in [0.717, 1.165) is 34.6 Å². The molecule has 0 aliphatic heterocycles. The van der Waals surface area contributed by atoms with Gasteiger partial charge in [0.05, 0.1) is 14.2 Å². The van der Waals surface area contributed by atoms with Gasteiger partial charge in [-0.2, -0.15) is 0 Å². The highest BCUT2D eigenvalue weighted by atomic mass is 28.1. The third kappa shape index (κ3) is 1.01. The van der Waals surface area contributed by atoms with Crippen LogP contribution in [0.25, 0.3) is 0 Å². The average molecular weight is 214 g/mol. The second-order valence-corrected chi connectivity index (χ2v) is 6.42. The first-order valence-electron chi connectivity index (χ1n) is 5.00. The molecule has 3 nitrogen and oxygen atoms in total. The van der Waals surface area contributed by atoms with Crippen LogP contribution in [0.15, 0.2) is 11.5 Å². The quantitative estimate of drug-likeness (QED) is 0.644. The minimum Gasteiger partial charge on any atom is -0.497 e. The molecule has 4 heteroatoms. The molecule has 0 saturated heterocycles. The Morgan fingerprint density at radius 2 is 1.71 bits per heavy atom. The molecule has 0 spiro atoms. The number of hydrogen-bond donors (Lipinski definition) is 0. The fraction of sp³-hybridized carbons (Fsp3) is 0.800. The van der Waals surface area contributed by atoms with E-state index in [1.807, 2.05) is 0 Å². The van der Waals surface area contributed by atoms with E-state index in [4.69, 9.17) is 14.2 Å². The number of hydrogen-bond acceptors (Lipinski definition) is 3. The van der Waals surface area contributed by atoms with Crippen molar-refractivity contribution in [2.75, 3.05) is 21.3 Å². The zero-order valence-corrected chi connectivity index (χ0v) is 11.3. The van der Waals surface area contributed by atoms with Crippen LogP contribution in [0.2, 0.25) is 5.04 Å². The molecule has 2 atom stereocenters. The van der Waals surface area contributed by atoms with Gasteiger partial charge in [0.25, 0.3) is 0 Å². The molecule has 1 saturated carbocycles. The maximum atomic E-state index is 5.65. The molecule has 80 valence electrons. The molecule has 2 aliphatic rings. The highest BCUT2D eigenvalue weighted by Gasteiger charge is 2.60. The monoisotopic (exact) mass is 214 g/mol. The van der Waals surface area contributed by atoms with Crippen LogP contribution >= 0.6 is 0 Å². The summed E-state index contributed by atoms with van der Waals surface area (Å²) in [6.07, 6.45) is 3.31. The first kappa shape index (κ1) is 10.0. The van der Waals surface area contributed by atoms with Crippen molar-refractivity contribution in [2.45, 2.75) is 29.9 Å². The Morgan fingerprint density at radius 3 is 2.21 bits per heavy atom. The lowest BCUT2D eigenvalue weighted by Gasteiger charge is -2.29. The predicted molar refractivity (Wildman–Crippen MR) is 57.3 cm³/mol. The van der Waals surface area contributed by atoms with E-state index >= 15 is 0 Å². The molecule has 2 aliphatic carbocycles. The average Bonchev–Trinajstić information content (AvgIpc) is 2.65. The smallest absolute Gasteiger partial charge is 0.165 e. The zero-order valence-electron chi connectivity index (χ0n) is 9.35. The molecule has 1 fully saturated rings. The Morgan fingerprint density at radius 1 is 1.07 bits per heavy atom. The molecule has 14 heavy (non-hydrogen) atoms. The number of fused-ring (bicyclic) bond motifs is 2. The van der Waals surface area contributed by atoms with Crippen molar-refractivity contribution in [1.29, 1.82) is 0 Å². The lowest BCUT2D eigenvalue weighted by molar-refractivity contribution is -0.0122. The van der Waals surface area contributed by atoms with Gasteiger partial charge in [-0.05, 0) is 19.3 Å². The molecule has 0 radical (unpaired) electrons. The van der Waals surface area contributed by atoms with Gasteiger partial charge in [-0.3, -0.25) is 0 Å². The van der Waals surface area contributed by atoms with Gasteiger partial charge in [-0.25, -0.2) is 0 Å². The normalized spacial score (nSPS) is 40.8. The van der Waals surface area contributed by atoms with Crippen LogP contribution in [-0.4, -0.2) is 37.2 Å². The van der Waals surface area contributed by atoms with E-state index in [1.165, 1.54) is 6.42 Å². The standard InChI is InChI=1S/C10H18O3Si/c1-11-7-8(12-2)10(14)5-4-9(7,6-10)13-3/h4-6H2,1-3,14H3. The molecule has 0 aromatic heterocycles. The second-order valence-electron chi connectivity index (χ2n) is 4.50. The molecule has 0 aromatic rings. The summed E-state index contributed by atoms with van der Waals surface area (Å²) in [6.45, 7) is 0. The van der Waals surface area contributed by atoms with Gasteiger partial charge in [0.1, 0.15) is 11.4 Å². The van der Waals surface area contributed by atoms with E-state index in [9.17, 15) is 0 Å². The van der Waals surface area contributed by atoms with Crippen molar-refractivity contribution in [1.82, 2.24) is 0 Å². The van der Waals surface area contributed by atoms with Gasteiger partial charge in [-0.1, -0.05) is 0 Å². The first-order valence-corrected chi connectivity index (χ1v) is 6.00. The van der Waals surface area contributed by atoms with Crippen molar-refractivity contribution in [3.05, 3.63) is 11.5 Å². The number of rotatable bonds is 3. The molecule has 0 heterocycles. The molecule has 2 bridgehead atoms. The van der Waals surface area contributed by atoms with Crippen LogP contribution in [0.3, 0.4) is 0 Å². The zero-order chi connectivity index (χ0) is 10.4. The third-order valence-corrected chi connectivity index (χ3v) is 5.03. The summed E-state index contributed by atoms with van der Waals surface area (Å²) in [5.74, 6) is 1.98. The van der Waals surface area contributed by atoms with Crippen molar-refractivity contribution < 1.29 is 14.2 Å². The Balaban J connectivity index is 2.47. The lowest BCUT2D eigenvalue weighted by Crippen LogP contribution is -2.30. The van der Waals surface area contributed by atoms with Crippen molar-refractivity contribution in [2.24, 2.45) is 0 Å². The Hall–Kier alpha value is -0.483. The van der Waals surface area contributed by atoms with Crippen LogP contribution in [0.5, 0.6) is 0 Å². The highest BCUT2D eigenvalue weighted by Crippen LogP contribution is 2.63. The van der Waals surface area contributed by atoms with Gasteiger partial charge < -0.3 is 14.2 Å². The summed E-state index contributed by atoms with van der Waals surface area (Å²) in [6, 6.07) is 0. The van der Waals surface area contributed by atoms with E-state index < -0.39 is 0 Å². The summed E-state index contributed by atoms with van der Waals surface area (Å²) in [4.78, 5) is 0. The summed E-state index contributed by atoms with van der Waals surface area (Å²) in [5, 5.41) is 0.260. The van der Waals surface area contributed by atoms with Crippen molar-refractivity contribution in [3.63, 3.8) is 0 Å². The number of methoxy groups -OCH3 is 3. The molecule has 2 unspecified atom stereocenters. The minimum atomic E-state index is -0.179. The third-order valence-electron chi connectivity index (χ3n) is 3.72. The number of allylic oxidation sites excluding steroid dienone is 1. The van der Waals surface area contributed by atoms with Crippen molar-refractivity contribution in [3.8, 4) is 0 Å². The van der Waals surface area contributed by atoms with Gasteiger partial charge in [0.2, 0.25) is 0 Å². The van der Waals surface area contributed by atoms with E-state index in [1.54, 1.807) is 21.3 Å². The molecular formula is C10H18O3Si. The second kappa shape index (κ2) is 3.00. The Labute approximate surface area is 87.8 Å². The molecule has 2 rings (SSSR count). The van der Waals surface area contributed by atoms with Gasteiger partial charge in [0.15, 0.2) is 5.76 Å². The lowest BCUT2D eigenvalue weighted by atomic mass is 10.00. The summed E-state index contributed by atoms with van der Waals surface area (Å²) >= 11 is 0. The molecular weight excluding hydrogens is 196 g/mol. The van der Waals surface area contributed by atoms with Crippen LogP contribution in [-0.2, 0) is 14.2 Å². The van der Waals surface area contributed by atoms with Gasteiger partial charge >= 0.3 is 0 Å². The SMILES string of the molecule is COC1=C(OC)C2(OC)CCC1([SiH3])C2. The molecule has 0 aromatic carbocycles. The summed E-state index contributed by atoms with van der Waals surface area (Å²) in [7, 11) is 6.32. The van der Waals surface area contributed by atoms with Crippen LogP contribution in [0.4, 0.5) is 0 Å². The van der Waals surface area contributed by atoms with E-state index in [-0.39, 0.29) is 10.6 Å². The molecule has 0 amide bonds. The maximum Gasteiger partial charge on any atom is 0.165 e. The molecule has 0 N–H and O–H groups in total. The topological polar surface area (TPSA) is 27.7 Å². The van der Waals surface area contributed by atoms with Crippen LogP contribution in [0, 0.1) is 0 Å². The largest absolute Gasteiger partial charge is 0.497 e.